The molecule has 0 bridgehead atoms. The van der Waals surface area contributed by atoms with Crippen LogP contribution in [0.5, 0.6) is 11.6 Å². The fourth-order valence-corrected chi connectivity index (χ4v) is 3.14. The molecule has 1 aromatic heterocycles. The van der Waals surface area contributed by atoms with E-state index < -0.39 is 0 Å². The molecule has 1 aliphatic rings. The number of benzene rings is 2. The predicted octanol–water partition coefficient (Wildman–Crippen LogP) is 3.27. The average molecular weight is 381 g/mol. The molecular formula is C21H20FN3O3. The van der Waals surface area contributed by atoms with E-state index in [-0.39, 0.29) is 11.7 Å². The molecule has 2 heterocycles. The molecule has 7 heteroatoms. The maximum absolute atomic E-state index is 13.1. The van der Waals surface area contributed by atoms with Crippen molar-refractivity contribution >= 4 is 5.91 Å². The van der Waals surface area contributed by atoms with Gasteiger partial charge in [-0.25, -0.2) is 4.39 Å². The number of methoxy groups -OCH3 is 1. The Hall–Kier alpha value is -3.35. The van der Waals surface area contributed by atoms with E-state index in [0.29, 0.717) is 37.7 Å². The number of carbonyl (C=O) groups is 1. The molecule has 0 aliphatic carbocycles. The monoisotopic (exact) mass is 381 g/mol. The molecule has 2 aromatic carbocycles. The number of rotatable bonds is 5. The molecule has 1 aliphatic heterocycles. The van der Waals surface area contributed by atoms with Gasteiger partial charge >= 0.3 is 0 Å². The van der Waals surface area contributed by atoms with E-state index in [1.54, 1.807) is 12.0 Å². The van der Waals surface area contributed by atoms with Crippen LogP contribution in [0.3, 0.4) is 0 Å². The first-order chi connectivity index (χ1) is 13.6. The zero-order chi connectivity index (χ0) is 19.5. The highest BCUT2D eigenvalue weighted by Gasteiger charge is 2.23. The van der Waals surface area contributed by atoms with Crippen molar-refractivity contribution in [2.24, 2.45) is 0 Å². The van der Waals surface area contributed by atoms with Crippen molar-refractivity contribution in [3.8, 4) is 11.6 Å². The van der Waals surface area contributed by atoms with E-state index in [1.165, 1.54) is 24.3 Å². The van der Waals surface area contributed by atoms with Crippen LogP contribution in [0.2, 0.25) is 0 Å². The van der Waals surface area contributed by atoms with Crippen LogP contribution in [0, 0.1) is 5.82 Å². The fourth-order valence-electron chi connectivity index (χ4n) is 3.14. The average Bonchev–Trinajstić information content (AvgIpc) is 3.15. The Bertz CT molecular complexity index is 968. The number of amides is 1. The molecular weight excluding hydrogens is 361 g/mol. The third kappa shape index (κ3) is 3.83. The molecule has 0 spiro atoms. The summed E-state index contributed by atoms with van der Waals surface area (Å²) in [6, 6.07) is 15.1. The van der Waals surface area contributed by atoms with Crippen molar-refractivity contribution in [2.45, 2.75) is 19.7 Å². The molecule has 28 heavy (non-hydrogen) atoms. The number of hydrogen-bond acceptors (Lipinski definition) is 4. The highest BCUT2D eigenvalue weighted by atomic mass is 19.1. The SMILES string of the molecule is COc1ccc(COc2cc3n(n2)CCN(C(=O)c2ccc(F)cc2)C3)cc1. The Labute approximate surface area is 162 Å². The quantitative estimate of drug-likeness (QED) is 0.681. The molecule has 0 radical (unpaired) electrons. The minimum Gasteiger partial charge on any atom is -0.497 e. The minimum atomic E-state index is -0.355. The van der Waals surface area contributed by atoms with Crippen molar-refractivity contribution in [3.63, 3.8) is 0 Å². The lowest BCUT2D eigenvalue weighted by Gasteiger charge is -2.27. The van der Waals surface area contributed by atoms with Gasteiger partial charge in [-0.2, -0.15) is 0 Å². The van der Waals surface area contributed by atoms with Gasteiger partial charge in [0.2, 0.25) is 5.88 Å². The minimum absolute atomic E-state index is 0.117. The van der Waals surface area contributed by atoms with Crippen LogP contribution in [0.15, 0.2) is 54.6 Å². The molecule has 0 unspecified atom stereocenters. The van der Waals surface area contributed by atoms with Crippen LogP contribution >= 0.6 is 0 Å². The summed E-state index contributed by atoms with van der Waals surface area (Å²) >= 11 is 0. The van der Waals surface area contributed by atoms with E-state index in [9.17, 15) is 9.18 Å². The highest BCUT2D eigenvalue weighted by molar-refractivity contribution is 5.94. The molecule has 0 saturated heterocycles. The predicted molar refractivity (Wildman–Crippen MR) is 101 cm³/mol. The fraction of sp³-hybridized carbons (Fsp3) is 0.238. The van der Waals surface area contributed by atoms with Gasteiger partial charge in [0.05, 0.1) is 25.9 Å². The van der Waals surface area contributed by atoms with Gasteiger partial charge in [0.25, 0.3) is 5.91 Å². The molecule has 144 valence electrons. The molecule has 0 N–H and O–H groups in total. The summed E-state index contributed by atoms with van der Waals surface area (Å²) in [6.45, 7) is 1.98. The van der Waals surface area contributed by atoms with E-state index in [4.69, 9.17) is 9.47 Å². The van der Waals surface area contributed by atoms with Gasteiger partial charge in [-0.3, -0.25) is 9.48 Å². The van der Waals surface area contributed by atoms with Crippen molar-refractivity contribution in [1.29, 1.82) is 0 Å². The number of ether oxygens (including phenoxy) is 2. The van der Waals surface area contributed by atoms with Crippen molar-refractivity contribution in [1.82, 2.24) is 14.7 Å². The first-order valence-corrected chi connectivity index (χ1v) is 8.99. The molecule has 4 rings (SSSR count). The summed E-state index contributed by atoms with van der Waals surface area (Å²) < 4.78 is 25.9. The molecule has 0 fully saturated rings. The van der Waals surface area contributed by atoms with Crippen LogP contribution in [0.1, 0.15) is 21.6 Å². The summed E-state index contributed by atoms with van der Waals surface area (Å²) in [6.07, 6.45) is 0. The van der Waals surface area contributed by atoms with Crippen molar-refractivity contribution in [3.05, 3.63) is 77.2 Å². The molecule has 0 saturated carbocycles. The van der Waals surface area contributed by atoms with E-state index in [0.717, 1.165) is 17.0 Å². The maximum atomic E-state index is 13.1. The number of hydrogen-bond donors (Lipinski definition) is 0. The van der Waals surface area contributed by atoms with E-state index in [2.05, 4.69) is 5.10 Å². The zero-order valence-electron chi connectivity index (χ0n) is 15.5. The van der Waals surface area contributed by atoms with Gasteiger partial charge in [-0.1, -0.05) is 12.1 Å². The summed E-state index contributed by atoms with van der Waals surface area (Å²) in [4.78, 5) is 14.4. The zero-order valence-corrected chi connectivity index (χ0v) is 15.5. The van der Waals surface area contributed by atoms with E-state index in [1.807, 2.05) is 35.0 Å². The first kappa shape index (κ1) is 18.0. The summed E-state index contributed by atoms with van der Waals surface area (Å²) in [7, 11) is 1.63. The second-order valence-corrected chi connectivity index (χ2v) is 6.57. The third-order valence-electron chi connectivity index (χ3n) is 4.70. The van der Waals surface area contributed by atoms with Crippen molar-refractivity contribution < 1.29 is 18.7 Å². The Morgan fingerprint density at radius 1 is 1.11 bits per heavy atom. The second-order valence-electron chi connectivity index (χ2n) is 6.57. The normalized spacial score (nSPS) is 13.1. The summed E-state index contributed by atoms with van der Waals surface area (Å²) in [5, 5.41) is 4.46. The third-order valence-corrected chi connectivity index (χ3v) is 4.70. The smallest absolute Gasteiger partial charge is 0.254 e. The van der Waals surface area contributed by atoms with Crippen LogP contribution < -0.4 is 9.47 Å². The second kappa shape index (κ2) is 7.72. The Balaban J connectivity index is 1.40. The number of fused-ring (bicyclic) bond motifs is 1. The number of halogens is 1. The van der Waals surface area contributed by atoms with Gasteiger partial charge < -0.3 is 14.4 Å². The first-order valence-electron chi connectivity index (χ1n) is 8.99. The summed E-state index contributed by atoms with van der Waals surface area (Å²) in [5.41, 5.74) is 2.40. The lowest BCUT2D eigenvalue weighted by atomic mass is 10.1. The van der Waals surface area contributed by atoms with Crippen molar-refractivity contribution in [2.75, 3.05) is 13.7 Å². The van der Waals surface area contributed by atoms with Gasteiger partial charge in [0, 0.05) is 18.2 Å². The lowest BCUT2D eigenvalue weighted by Crippen LogP contribution is -2.38. The largest absolute Gasteiger partial charge is 0.497 e. The maximum Gasteiger partial charge on any atom is 0.254 e. The molecule has 1 amide bonds. The number of aromatic nitrogens is 2. The Kier molecular flexibility index (Phi) is 4.97. The topological polar surface area (TPSA) is 56.6 Å². The van der Waals surface area contributed by atoms with E-state index >= 15 is 0 Å². The molecule has 3 aromatic rings. The van der Waals surface area contributed by atoms with Gasteiger partial charge in [0.1, 0.15) is 18.2 Å². The van der Waals surface area contributed by atoms with Crippen LogP contribution in [-0.2, 0) is 19.7 Å². The summed E-state index contributed by atoms with van der Waals surface area (Å²) in [5.74, 6) is 0.856. The Morgan fingerprint density at radius 2 is 1.86 bits per heavy atom. The van der Waals surface area contributed by atoms with Gasteiger partial charge in [-0.05, 0) is 42.0 Å². The molecule has 6 nitrogen and oxygen atoms in total. The van der Waals surface area contributed by atoms with Gasteiger partial charge in [-0.15, -0.1) is 5.10 Å². The Morgan fingerprint density at radius 3 is 2.57 bits per heavy atom. The van der Waals surface area contributed by atoms with Crippen LogP contribution in [0.4, 0.5) is 4.39 Å². The van der Waals surface area contributed by atoms with Gasteiger partial charge in [0.15, 0.2) is 0 Å². The lowest BCUT2D eigenvalue weighted by molar-refractivity contribution is 0.0706. The number of carbonyl (C=O) groups excluding carboxylic acids is 1. The number of nitrogens with zero attached hydrogens (tertiary/aromatic N) is 3. The molecule has 0 atom stereocenters. The highest BCUT2D eigenvalue weighted by Crippen LogP contribution is 2.21. The van der Waals surface area contributed by atoms with Crippen LogP contribution in [-0.4, -0.2) is 34.2 Å². The standard InChI is InChI=1S/C21H20FN3O3/c1-27-19-8-2-15(3-9-19)14-28-20-12-18-13-24(10-11-25(18)23-20)21(26)16-4-6-17(22)7-5-16/h2-9,12H,10-11,13-14H2,1H3. The van der Waals surface area contributed by atoms with Crippen LogP contribution in [0.25, 0.3) is 0 Å².